The Morgan fingerprint density at radius 2 is 1.86 bits per heavy atom. The van der Waals surface area contributed by atoms with E-state index in [9.17, 15) is 29.1 Å². The van der Waals surface area contributed by atoms with Crippen molar-refractivity contribution < 1.29 is 34.9 Å². The Balaban J connectivity index is 1.70. The van der Waals surface area contributed by atoms with Crippen molar-refractivity contribution in [2.24, 2.45) is 0 Å². The lowest BCUT2D eigenvalue weighted by Crippen LogP contribution is -2.41. The molecule has 0 saturated heterocycles. The van der Waals surface area contributed by atoms with E-state index in [1.807, 2.05) is 5.32 Å². The number of amides is 2. The number of aromatic amines is 1. The number of nitrogens with one attached hydrogen (secondary N) is 4. The van der Waals surface area contributed by atoms with E-state index in [1.165, 1.54) is 37.4 Å². The molecule has 14 nitrogen and oxygen atoms in total. The molecule has 0 aliphatic rings. The highest BCUT2D eigenvalue weighted by Crippen LogP contribution is 2.12. The van der Waals surface area contributed by atoms with E-state index in [0.717, 1.165) is 0 Å². The Labute approximate surface area is 202 Å². The van der Waals surface area contributed by atoms with Crippen LogP contribution in [-0.2, 0) is 20.9 Å². The average molecular weight is 487 g/mol. The number of nitrogens with zero attached hydrogens (tertiary/aromatic N) is 3. The number of anilines is 2. The van der Waals surface area contributed by atoms with Crippen LogP contribution in [0.3, 0.4) is 0 Å². The highest BCUT2D eigenvalue weighted by atomic mass is 16.4. The first-order valence-electron chi connectivity index (χ1n) is 11.8. The number of H-pyrrole nitrogens is 1. The number of hydrogen-bond donors (Lipinski definition) is 6. The molecule has 2 aromatic heterocycles. The Kier molecular flexibility index (Phi) is 6.06. The molecular formula is C21H21N7O7. The van der Waals surface area contributed by atoms with Gasteiger partial charge in [0.2, 0.25) is 11.9 Å². The number of carbonyl (C=O) groups is 4. The quantitative estimate of drug-likeness (QED) is 0.229. The molecule has 182 valence electrons. The molecule has 35 heavy (non-hydrogen) atoms. The molecule has 0 radical (unpaired) electrons. The van der Waals surface area contributed by atoms with Gasteiger partial charge >= 0.3 is 11.9 Å². The lowest BCUT2D eigenvalue weighted by atomic mass is 10.1. The summed E-state index contributed by atoms with van der Waals surface area (Å²) in [6, 6.07) is 2.88. The summed E-state index contributed by atoms with van der Waals surface area (Å²) in [6.07, 6.45) is -5.75. The average Bonchev–Trinajstić information content (AvgIpc) is 2.85. The van der Waals surface area contributed by atoms with Crippen LogP contribution in [0.4, 0.5) is 11.6 Å². The van der Waals surface area contributed by atoms with Gasteiger partial charge in [-0.1, -0.05) is 0 Å². The number of carbonyl (C=O) groups excluding carboxylic acids is 2. The van der Waals surface area contributed by atoms with E-state index in [4.69, 9.17) is 10.6 Å². The van der Waals surface area contributed by atoms with Gasteiger partial charge in [-0.05, 0) is 30.6 Å². The summed E-state index contributed by atoms with van der Waals surface area (Å²) < 4.78 is 30.3. The predicted molar refractivity (Wildman–Crippen MR) is 122 cm³/mol. The van der Waals surface area contributed by atoms with Crippen molar-refractivity contribution in [3.8, 4) is 0 Å². The zero-order chi connectivity index (χ0) is 29.1. The topological polar surface area (TPSA) is 216 Å². The standard InChI is InChI=1S/C21H21N7O7/c1-10(29)24-21-27-17-16(19(33)28-21)25-13(9-23-17)8-22-12-4-2-11(3-5-12)18(32)26-14(20(34)35)6-7-15(30)31/h2-5,9,14,22H,6-8H2,1H3,(H,26,32)(H,30,31)(H,34,35)(H2,23,24,27,28,29,33)/t14-/m0/s1/i6D2,7D2. The molecule has 6 N–H and O–H groups in total. The molecule has 3 aromatic rings. The van der Waals surface area contributed by atoms with Crippen molar-refractivity contribution in [1.29, 1.82) is 0 Å². The summed E-state index contributed by atoms with van der Waals surface area (Å²) in [4.78, 5) is 73.2. The minimum atomic E-state index is -3.61. The number of rotatable bonds is 10. The number of carboxylic acids is 2. The first kappa shape index (κ1) is 19.6. The molecule has 1 aromatic carbocycles. The van der Waals surface area contributed by atoms with Crippen molar-refractivity contribution in [2.45, 2.75) is 32.3 Å². The summed E-state index contributed by atoms with van der Waals surface area (Å²) in [5.41, 5.74) is 0.0417. The van der Waals surface area contributed by atoms with Crippen molar-refractivity contribution in [3.05, 3.63) is 52.1 Å². The molecule has 0 aliphatic carbocycles. The summed E-state index contributed by atoms with van der Waals surface area (Å²) in [7, 11) is 0. The first-order chi connectivity index (χ1) is 18.1. The van der Waals surface area contributed by atoms with Crippen molar-refractivity contribution >= 4 is 46.6 Å². The normalized spacial score (nSPS) is 14.0. The van der Waals surface area contributed by atoms with Crippen LogP contribution < -0.4 is 21.5 Å². The van der Waals surface area contributed by atoms with Crippen LogP contribution in [0.1, 0.15) is 41.2 Å². The predicted octanol–water partition coefficient (Wildman–Crippen LogP) is 0.331. The van der Waals surface area contributed by atoms with E-state index < -0.39 is 48.1 Å². The molecule has 0 unspecified atom stereocenters. The van der Waals surface area contributed by atoms with Gasteiger partial charge in [0, 0.05) is 30.0 Å². The Morgan fingerprint density at radius 3 is 2.49 bits per heavy atom. The van der Waals surface area contributed by atoms with Gasteiger partial charge in [-0.15, -0.1) is 0 Å². The van der Waals surface area contributed by atoms with Crippen LogP contribution in [0.5, 0.6) is 0 Å². The summed E-state index contributed by atoms with van der Waals surface area (Å²) in [5, 5.41) is 25.4. The molecule has 0 bridgehead atoms. The van der Waals surface area contributed by atoms with Gasteiger partial charge in [0.15, 0.2) is 11.2 Å². The van der Waals surface area contributed by atoms with E-state index in [1.54, 1.807) is 0 Å². The number of aliphatic carboxylic acids is 2. The van der Waals surface area contributed by atoms with E-state index in [-0.39, 0.29) is 29.2 Å². The molecule has 2 amide bonds. The lowest BCUT2D eigenvalue weighted by molar-refractivity contribution is -0.140. The maximum absolute atomic E-state index is 12.5. The van der Waals surface area contributed by atoms with Gasteiger partial charge in [-0.25, -0.2) is 14.8 Å². The minimum Gasteiger partial charge on any atom is -0.481 e. The van der Waals surface area contributed by atoms with Gasteiger partial charge in [0.25, 0.3) is 11.5 Å². The van der Waals surface area contributed by atoms with Crippen LogP contribution in [0.25, 0.3) is 11.2 Å². The highest BCUT2D eigenvalue weighted by molar-refractivity contribution is 5.97. The number of fused-ring (bicyclic) bond motifs is 1. The summed E-state index contributed by atoms with van der Waals surface area (Å²) >= 11 is 0. The fraction of sp³-hybridized carbons (Fsp3) is 0.238. The molecule has 0 spiro atoms. The smallest absolute Gasteiger partial charge is 0.326 e. The van der Waals surface area contributed by atoms with Crippen LogP contribution in [0, 0.1) is 0 Å². The second kappa shape index (κ2) is 10.8. The fourth-order valence-electron chi connectivity index (χ4n) is 2.71. The zero-order valence-electron chi connectivity index (χ0n) is 21.9. The van der Waals surface area contributed by atoms with Gasteiger partial charge in [-0.3, -0.25) is 29.5 Å². The maximum Gasteiger partial charge on any atom is 0.326 e. The SMILES string of the molecule is [2H]C([2H])(C(=O)O)C([2H])([2H])[C@H](NC(=O)c1ccc(NCc2cnc3nc(NC(C)=O)[nH]c(=O)c3n2)cc1)C(=O)O. The lowest BCUT2D eigenvalue weighted by Gasteiger charge is -2.14. The number of benzene rings is 1. The fourth-order valence-corrected chi connectivity index (χ4v) is 2.71. The molecule has 0 saturated carbocycles. The number of hydrogen-bond acceptors (Lipinski definition) is 9. The molecule has 3 rings (SSSR count). The van der Waals surface area contributed by atoms with Gasteiger partial charge in [0.05, 0.1) is 18.4 Å². The van der Waals surface area contributed by atoms with Crippen LogP contribution >= 0.6 is 0 Å². The molecule has 0 aliphatic heterocycles. The molecule has 1 atom stereocenters. The molecule has 2 heterocycles. The van der Waals surface area contributed by atoms with Crippen molar-refractivity contribution in [1.82, 2.24) is 25.3 Å². The third-order valence-corrected chi connectivity index (χ3v) is 4.23. The Hall–Kier alpha value is -4.88. The Morgan fingerprint density at radius 1 is 1.14 bits per heavy atom. The molecular weight excluding hydrogens is 462 g/mol. The van der Waals surface area contributed by atoms with Crippen molar-refractivity contribution in [3.63, 3.8) is 0 Å². The van der Waals surface area contributed by atoms with E-state index >= 15 is 0 Å². The minimum absolute atomic E-state index is 0.0158. The molecule has 14 heteroatoms. The Bertz CT molecular complexity index is 1510. The van der Waals surface area contributed by atoms with Gasteiger partial charge in [0.1, 0.15) is 6.04 Å². The van der Waals surface area contributed by atoms with Gasteiger partial charge < -0.3 is 20.8 Å². The second-order valence-corrected chi connectivity index (χ2v) is 6.88. The largest absolute Gasteiger partial charge is 0.481 e. The van der Waals surface area contributed by atoms with Crippen LogP contribution in [0.2, 0.25) is 0 Å². The monoisotopic (exact) mass is 487 g/mol. The number of aromatic nitrogens is 4. The third-order valence-electron chi connectivity index (χ3n) is 4.23. The summed E-state index contributed by atoms with van der Waals surface area (Å²) in [6.45, 7) is 1.34. The zero-order valence-corrected chi connectivity index (χ0v) is 17.9. The highest BCUT2D eigenvalue weighted by Gasteiger charge is 2.21. The van der Waals surface area contributed by atoms with Gasteiger partial charge in [-0.2, -0.15) is 4.98 Å². The maximum atomic E-state index is 12.5. The summed E-state index contributed by atoms with van der Waals surface area (Å²) in [5.74, 6) is -5.78. The van der Waals surface area contributed by atoms with E-state index in [2.05, 4.69) is 30.6 Å². The van der Waals surface area contributed by atoms with E-state index in [0.29, 0.717) is 11.4 Å². The first-order valence-corrected chi connectivity index (χ1v) is 9.78. The van der Waals surface area contributed by atoms with Crippen LogP contribution in [-0.4, -0.2) is 59.9 Å². The van der Waals surface area contributed by atoms with Crippen molar-refractivity contribution in [2.75, 3.05) is 10.6 Å². The third kappa shape index (κ3) is 6.80. The molecule has 0 fully saturated rings. The number of carboxylic acid groups (broad SMARTS) is 2. The van der Waals surface area contributed by atoms with Crippen LogP contribution in [0.15, 0.2) is 35.3 Å². The second-order valence-electron chi connectivity index (χ2n) is 6.88.